The van der Waals surface area contributed by atoms with E-state index in [9.17, 15) is 4.79 Å². The Morgan fingerprint density at radius 1 is 1.18 bits per heavy atom. The molecule has 0 radical (unpaired) electrons. The van der Waals surface area contributed by atoms with Gasteiger partial charge in [0.15, 0.2) is 6.61 Å². The molecule has 28 heavy (non-hydrogen) atoms. The highest BCUT2D eigenvalue weighted by atomic mass is 16.6. The van der Waals surface area contributed by atoms with Crippen molar-refractivity contribution in [1.29, 1.82) is 0 Å². The van der Waals surface area contributed by atoms with E-state index in [-0.39, 0.29) is 6.61 Å². The van der Waals surface area contributed by atoms with E-state index in [2.05, 4.69) is 0 Å². The second-order valence-corrected chi connectivity index (χ2v) is 6.51. The number of pyridine rings is 1. The molecule has 0 aliphatic rings. The molecule has 2 N–H and O–H groups in total. The van der Waals surface area contributed by atoms with Crippen LogP contribution in [0.25, 0.3) is 27.7 Å². The van der Waals surface area contributed by atoms with Gasteiger partial charge in [-0.15, -0.1) is 0 Å². The number of rotatable bonds is 5. The van der Waals surface area contributed by atoms with Crippen molar-refractivity contribution in [2.75, 3.05) is 18.9 Å². The maximum atomic E-state index is 11.5. The van der Waals surface area contributed by atoms with Gasteiger partial charge in [0.2, 0.25) is 0 Å². The molecule has 2 aromatic heterocycles. The van der Waals surface area contributed by atoms with Gasteiger partial charge in [0.05, 0.1) is 6.61 Å². The Kier molecular flexibility index (Phi) is 4.61. The minimum absolute atomic E-state index is 0.131. The minimum Gasteiger partial charge on any atom is -0.482 e. The molecule has 0 amide bonds. The molecule has 0 bridgehead atoms. The van der Waals surface area contributed by atoms with Crippen molar-refractivity contribution in [1.82, 2.24) is 9.38 Å². The van der Waals surface area contributed by atoms with Gasteiger partial charge in [-0.1, -0.05) is 30.3 Å². The number of benzene rings is 2. The van der Waals surface area contributed by atoms with Gasteiger partial charge in [-0.25, -0.2) is 9.78 Å². The number of anilines is 1. The number of nitrogens with two attached hydrogens (primary N) is 1. The molecular formula is C22H21N3O3. The van der Waals surface area contributed by atoms with Crippen LogP contribution in [-0.4, -0.2) is 28.6 Å². The fourth-order valence-corrected chi connectivity index (χ4v) is 3.29. The molecule has 6 nitrogen and oxygen atoms in total. The number of fused-ring (bicyclic) bond motifs is 3. The van der Waals surface area contributed by atoms with Gasteiger partial charge in [0.25, 0.3) is 0 Å². The molecule has 0 saturated heterocycles. The number of nitrogens with zero attached hydrogens (tertiary/aromatic N) is 2. The Balaban J connectivity index is 1.80. The number of hydrogen-bond acceptors (Lipinski definition) is 5. The molecular weight excluding hydrogens is 354 g/mol. The molecule has 6 heteroatoms. The molecule has 2 heterocycles. The smallest absolute Gasteiger partial charge is 0.344 e. The SMILES string of the molecule is CCOC(=O)COc1ccc2ccn3c(N)c(-c4ccccc4C)nc3c2c1. The first-order chi connectivity index (χ1) is 13.6. The first kappa shape index (κ1) is 17.9. The molecule has 0 spiro atoms. The van der Waals surface area contributed by atoms with Gasteiger partial charge in [0, 0.05) is 17.1 Å². The maximum absolute atomic E-state index is 11.5. The number of aromatic nitrogens is 2. The predicted molar refractivity (Wildman–Crippen MR) is 109 cm³/mol. The number of ether oxygens (including phenoxy) is 2. The number of imidazole rings is 1. The van der Waals surface area contributed by atoms with Crippen LogP contribution in [0.15, 0.2) is 54.7 Å². The van der Waals surface area contributed by atoms with Crippen LogP contribution in [0.3, 0.4) is 0 Å². The van der Waals surface area contributed by atoms with Crippen LogP contribution in [0.5, 0.6) is 5.75 Å². The van der Waals surface area contributed by atoms with E-state index in [1.54, 1.807) is 6.92 Å². The van der Waals surface area contributed by atoms with Crippen molar-refractivity contribution in [2.24, 2.45) is 0 Å². The summed E-state index contributed by atoms with van der Waals surface area (Å²) < 4.78 is 12.4. The molecule has 0 aliphatic carbocycles. The predicted octanol–water partition coefficient (Wildman–Crippen LogP) is 3.99. The lowest BCUT2D eigenvalue weighted by Gasteiger charge is -2.07. The minimum atomic E-state index is -0.396. The third-order valence-electron chi connectivity index (χ3n) is 4.68. The normalized spacial score (nSPS) is 11.1. The van der Waals surface area contributed by atoms with Crippen LogP contribution >= 0.6 is 0 Å². The van der Waals surface area contributed by atoms with E-state index in [0.29, 0.717) is 18.2 Å². The summed E-state index contributed by atoms with van der Waals surface area (Å²) in [5.74, 6) is 0.768. The quantitative estimate of drug-likeness (QED) is 0.534. The summed E-state index contributed by atoms with van der Waals surface area (Å²) in [4.78, 5) is 16.4. The molecule has 0 unspecified atom stereocenters. The van der Waals surface area contributed by atoms with E-state index in [0.717, 1.165) is 33.2 Å². The Labute approximate surface area is 162 Å². The number of aryl methyl sites for hydroxylation is 1. The van der Waals surface area contributed by atoms with E-state index in [1.165, 1.54) is 0 Å². The molecule has 2 aromatic carbocycles. The zero-order valence-corrected chi connectivity index (χ0v) is 15.8. The summed E-state index contributed by atoms with van der Waals surface area (Å²) in [7, 11) is 0. The number of nitrogen functional groups attached to an aromatic ring is 1. The number of carbonyl (C=O) groups excluding carboxylic acids is 1. The van der Waals surface area contributed by atoms with Crippen molar-refractivity contribution >= 4 is 28.2 Å². The lowest BCUT2D eigenvalue weighted by Crippen LogP contribution is -2.14. The fourth-order valence-electron chi connectivity index (χ4n) is 3.29. The van der Waals surface area contributed by atoms with Crippen LogP contribution in [0.4, 0.5) is 5.82 Å². The third-order valence-corrected chi connectivity index (χ3v) is 4.68. The van der Waals surface area contributed by atoms with Gasteiger partial charge in [-0.05, 0) is 43.0 Å². The molecule has 142 valence electrons. The first-order valence-corrected chi connectivity index (χ1v) is 9.13. The van der Waals surface area contributed by atoms with E-state index in [1.807, 2.05) is 66.1 Å². The molecule has 0 fully saturated rings. The molecule has 0 saturated carbocycles. The second kappa shape index (κ2) is 7.23. The highest BCUT2D eigenvalue weighted by molar-refractivity contribution is 5.97. The van der Waals surface area contributed by atoms with Crippen LogP contribution in [-0.2, 0) is 9.53 Å². The van der Waals surface area contributed by atoms with Gasteiger partial charge in [-0.3, -0.25) is 4.40 Å². The monoisotopic (exact) mass is 375 g/mol. The summed E-state index contributed by atoms with van der Waals surface area (Å²) in [6.07, 6.45) is 1.92. The zero-order chi connectivity index (χ0) is 19.7. The summed E-state index contributed by atoms with van der Waals surface area (Å²) in [5, 5.41) is 1.91. The highest BCUT2D eigenvalue weighted by Gasteiger charge is 2.15. The van der Waals surface area contributed by atoms with Gasteiger partial charge in [-0.2, -0.15) is 0 Å². The molecule has 4 aromatic rings. The van der Waals surface area contributed by atoms with Crippen LogP contribution in [0.1, 0.15) is 12.5 Å². The van der Waals surface area contributed by atoms with Crippen molar-refractivity contribution in [2.45, 2.75) is 13.8 Å². The van der Waals surface area contributed by atoms with Crippen molar-refractivity contribution < 1.29 is 14.3 Å². The van der Waals surface area contributed by atoms with Gasteiger partial charge < -0.3 is 15.2 Å². The second-order valence-electron chi connectivity index (χ2n) is 6.51. The van der Waals surface area contributed by atoms with E-state index in [4.69, 9.17) is 20.2 Å². The Bertz CT molecular complexity index is 1180. The van der Waals surface area contributed by atoms with Crippen molar-refractivity contribution in [3.05, 3.63) is 60.3 Å². The standard InChI is InChI=1S/C22H21N3O3/c1-3-27-19(26)13-28-16-9-8-15-10-11-25-21(23)20(24-22(25)18(15)12-16)17-7-5-4-6-14(17)2/h4-12H,3,13,23H2,1-2H3. The Morgan fingerprint density at radius 2 is 2.00 bits per heavy atom. The van der Waals surface area contributed by atoms with Crippen LogP contribution in [0, 0.1) is 6.92 Å². The van der Waals surface area contributed by atoms with Gasteiger partial charge in [0.1, 0.15) is 22.9 Å². The van der Waals surface area contributed by atoms with Crippen molar-refractivity contribution in [3.63, 3.8) is 0 Å². The topological polar surface area (TPSA) is 78.8 Å². The highest BCUT2D eigenvalue weighted by Crippen LogP contribution is 2.32. The van der Waals surface area contributed by atoms with Crippen LogP contribution < -0.4 is 10.5 Å². The lowest BCUT2D eigenvalue weighted by atomic mass is 10.1. The zero-order valence-electron chi connectivity index (χ0n) is 15.8. The van der Waals surface area contributed by atoms with Gasteiger partial charge >= 0.3 is 5.97 Å². The maximum Gasteiger partial charge on any atom is 0.344 e. The fraction of sp³-hybridized carbons (Fsp3) is 0.182. The average molecular weight is 375 g/mol. The Morgan fingerprint density at radius 3 is 2.79 bits per heavy atom. The van der Waals surface area contributed by atoms with E-state index < -0.39 is 5.97 Å². The molecule has 4 rings (SSSR count). The molecule has 0 aliphatic heterocycles. The molecule has 0 atom stereocenters. The summed E-state index contributed by atoms with van der Waals surface area (Å²) in [6, 6.07) is 15.6. The third kappa shape index (κ3) is 3.13. The largest absolute Gasteiger partial charge is 0.482 e. The first-order valence-electron chi connectivity index (χ1n) is 9.13. The average Bonchev–Trinajstić information content (AvgIpc) is 3.04. The van der Waals surface area contributed by atoms with Crippen LogP contribution in [0.2, 0.25) is 0 Å². The number of carbonyl (C=O) groups is 1. The lowest BCUT2D eigenvalue weighted by molar-refractivity contribution is -0.145. The van der Waals surface area contributed by atoms with Crippen molar-refractivity contribution in [3.8, 4) is 17.0 Å². The Hall–Kier alpha value is -3.54. The summed E-state index contributed by atoms with van der Waals surface area (Å²) >= 11 is 0. The van der Waals surface area contributed by atoms with E-state index >= 15 is 0 Å². The summed E-state index contributed by atoms with van der Waals surface area (Å²) in [5.41, 5.74) is 10.0. The number of esters is 1. The summed E-state index contributed by atoms with van der Waals surface area (Å²) in [6.45, 7) is 4.00. The number of hydrogen-bond donors (Lipinski definition) is 1.